The standard InChI is InChI=1S/C19H57NO7Si8/c1-28(19-17-18-20)21-30(5,6)23-32(9,10)25-34(13,14)27-35(15,16)26-33(11,12)24-31(7,8)22-29(2,3)4/h28H,17-20H2,1-16H3. The third kappa shape index (κ3) is 18.4. The van der Waals surface area contributed by atoms with E-state index in [-0.39, 0.29) is 0 Å². The van der Waals surface area contributed by atoms with Crippen molar-refractivity contribution in [2.45, 2.75) is 117 Å². The lowest BCUT2D eigenvalue weighted by molar-refractivity contribution is 0.265. The van der Waals surface area contributed by atoms with Crippen molar-refractivity contribution in [1.29, 1.82) is 0 Å². The second kappa shape index (κ2) is 13.2. The molecule has 0 aromatic heterocycles. The Bertz CT molecular complexity index is 658. The average Bonchev–Trinajstić information content (AvgIpc) is 2.42. The molecule has 0 aromatic carbocycles. The minimum Gasteiger partial charge on any atom is -0.439 e. The molecule has 1 atom stereocenters. The van der Waals surface area contributed by atoms with Gasteiger partial charge in [0.1, 0.15) is 0 Å². The van der Waals surface area contributed by atoms with Crippen LogP contribution in [0.1, 0.15) is 6.42 Å². The Balaban J connectivity index is 5.19. The van der Waals surface area contributed by atoms with Gasteiger partial charge in [0.15, 0.2) is 17.4 Å². The van der Waals surface area contributed by atoms with Gasteiger partial charge in [0.2, 0.25) is 0 Å². The van der Waals surface area contributed by atoms with Crippen molar-refractivity contribution in [1.82, 2.24) is 0 Å². The molecule has 0 amide bonds. The van der Waals surface area contributed by atoms with Crippen LogP contribution in [0.4, 0.5) is 0 Å². The van der Waals surface area contributed by atoms with Gasteiger partial charge in [-0.3, -0.25) is 0 Å². The molecule has 0 spiro atoms. The van der Waals surface area contributed by atoms with Crippen LogP contribution < -0.4 is 5.73 Å². The summed E-state index contributed by atoms with van der Waals surface area (Å²) in [6.07, 6.45) is 1.01. The summed E-state index contributed by atoms with van der Waals surface area (Å²) in [5.41, 5.74) is 5.66. The molecule has 0 heterocycles. The Hall–Kier alpha value is 1.42. The number of nitrogens with two attached hydrogens (primary N) is 1. The third-order valence-electron chi connectivity index (χ3n) is 4.31. The smallest absolute Gasteiger partial charge is 0.314 e. The quantitative estimate of drug-likeness (QED) is 0.199. The Kier molecular flexibility index (Phi) is 13.7. The van der Waals surface area contributed by atoms with Gasteiger partial charge >= 0.3 is 51.4 Å². The second-order valence-electron chi connectivity index (χ2n) is 13.0. The summed E-state index contributed by atoms with van der Waals surface area (Å²) < 4.78 is 45.9. The van der Waals surface area contributed by atoms with Gasteiger partial charge < -0.3 is 34.5 Å². The third-order valence-corrected chi connectivity index (χ3v) is 33.5. The summed E-state index contributed by atoms with van der Waals surface area (Å²) in [5, 5.41) is 0. The molecular formula is C19H57NO7Si8. The molecule has 0 aliphatic rings. The fourth-order valence-electron chi connectivity index (χ4n) is 4.77. The molecular weight excluding hydrogens is 579 g/mol. The van der Waals surface area contributed by atoms with E-state index in [0.29, 0.717) is 6.54 Å². The lowest BCUT2D eigenvalue weighted by Crippen LogP contribution is -2.61. The zero-order chi connectivity index (χ0) is 28.1. The first-order valence-corrected chi connectivity index (χ1v) is 35.5. The average molecular weight is 636 g/mol. The maximum absolute atomic E-state index is 6.66. The maximum atomic E-state index is 6.66. The summed E-state index contributed by atoms with van der Waals surface area (Å²) in [6, 6.07) is 1.07. The zero-order valence-electron chi connectivity index (χ0n) is 25.6. The van der Waals surface area contributed by atoms with Gasteiger partial charge in [-0.25, -0.2) is 0 Å². The molecule has 0 aliphatic carbocycles. The SMILES string of the molecule is C[SiH](CCCN)O[Si](C)(C)O[Si](C)(C)O[Si](C)(C)O[Si](C)(C)O[Si](C)(C)O[Si](C)(C)O[Si](C)(C)C. The van der Waals surface area contributed by atoms with Gasteiger partial charge in [0, 0.05) is 0 Å². The Labute approximate surface area is 226 Å². The second-order valence-corrected chi connectivity index (χ2v) is 42.0. The van der Waals surface area contributed by atoms with Crippen LogP contribution in [0.5, 0.6) is 0 Å². The summed E-state index contributed by atoms with van der Waals surface area (Å²) >= 11 is 0. The first-order valence-electron chi connectivity index (χ1n) is 12.8. The summed E-state index contributed by atoms with van der Waals surface area (Å²) in [6.45, 7) is 34.7. The van der Waals surface area contributed by atoms with Crippen molar-refractivity contribution in [3.63, 3.8) is 0 Å². The first kappa shape index (κ1) is 36.4. The van der Waals surface area contributed by atoms with Crippen molar-refractivity contribution in [2.24, 2.45) is 5.73 Å². The normalized spacial score (nSPS) is 16.0. The predicted octanol–water partition coefficient (Wildman–Crippen LogP) is 5.85. The van der Waals surface area contributed by atoms with Gasteiger partial charge in [0.25, 0.3) is 0 Å². The molecule has 1 unspecified atom stereocenters. The van der Waals surface area contributed by atoms with Gasteiger partial charge in [-0.05, 0) is 124 Å². The largest absolute Gasteiger partial charge is 0.439 e. The van der Waals surface area contributed by atoms with Crippen molar-refractivity contribution >= 4 is 68.7 Å². The van der Waals surface area contributed by atoms with E-state index in [1.807, 2.05) is 0 Å². The van der Waals surface area contributed by atoms with Crippen LogP contribution in [-0.4, -0.2) is 75.3 Å². The van der Waals surface area contributed by atoms with E-state index < -0.39 is 68.7 Å². The van der Waals surface area contributed by atoms with Gasteiger partial charge in [-0.15, -0.1) is 0 Å². The summed E-state index contributed by atoms with van der Waals surface area (Å²) in [7, 11) is -17.7. The number of hydrogen-bond acceptors (Lipinski definition) is 8. The van der Waals surface area contributed by atoms with Crippen molar-refractivity contribution < 1.29 is 28.8 Å². The van der Waals surface area contributed by atoms with Crippen LogP contribution in [0, 0.1) is 0 Å². The highest BCUT2D eigenvalue weighted by Gasteiger charge is 2.48. The molecule has 8 nitrogen and oxygen atoms in total. The highest BCUT2D eigenvalue weighted by molar-refractivity contribution is 6.91. The Morgan fingerprint density at radius 1 is 0.486 bits per heavy atom. The highest BCUT2D eigenvalue weighted by atomic mass is 28.5. The van der Waals surface area contributed by atoms with Crippen molar-refractivity contribution in [3.05, 3.63) is 0 Å². The van der Waals surface area contributed by atoms with Crippen LogP contribution >= 0.6 is 0 Å². The molecule has 212 valence electrons. The summed E-state index contributed by atoms with van der Waals surface area (Å²) in [4.78, 5) is 0. The fourth-order valence-corrected chi connectivity index (χ4v) is 42.8. The molecule has 0 aromatic rings. The van der Waals surface area contributed by atoms with Crippen molar-refractivity contribution in [3.8, 4) is 0 Å². The van der Waals surface area contributed by atoms with E-state index in [1.165, 1.54) is 0 Å². The van der Waals surface area contributed by atoms with E-state index in [0.717, 1.165) is 12.5 Å². The van der Waals surface area contributed by atoms with Crippen LogP contribution in [-0.2, 0) is 28.8 Å². The predicted molar refractivity (Wildman–Crippen MR) is 167 cm³/mol. The molecule has 35 heavy (non-hydrogen) atoms. The van der Waals surface area contributed by atoms with Gasteiger partial charge in [-0.2, -0.15) is 0 Å². The number of rotatable bonds is 17. The van der Waals surface area contributed by atoms with E-state index in [1.54, 1.807) is 0 Å². The Morgan fingerprint density at radius 3 is 1.06 bits per heavy atom. The summed E-state index contributed by atoms with van der Waals surface area (Å²) in [5.74, 6) is 0. The van der Waals surface area contributed by atoms with E-state index >= 15 is 0 Å². The molecule has 0 rings (SSSR count). The zero-order valence-corrected chi connectivity index (χ0v) is 33.8. The number of hydrogen-bond donors (Lipinski definition) is 1. The molecule has 0 aliphatic heterocycles. The van der Waals surface area contributed by atoms with Crippen molar-refractivity contribution in [2.75, 3.05) is 6.54 Å². The van der Waals surface area contributed by atoms with E-state index in [9.17, 15) is 0 Å². The Morgan fingerprint density at radius 2 is 0.771 bits per heavy atom. The first-order chi connectivity index (χ1) is 15.2. The lowest BCUT2D eigenvalue weighted by Gasteiger charge is -2.43. The van der Waals surface area contributed by atoms with Gasteiger partial charge in [0.05, 0.1) is 0 Å². The highest BCUT2D eigenvalue weighted by Crippen LogP contribution is 2.28. The van der Waals surface area contributed by atoms with Crippen LogP contribution in [0.15, 0.2) is 0 Å². The lowest BCUT2D eigenvalue weighted by atomic mass is 10.5. The van der Waals surface area contributed by atoms with E-state index in [4.69, 9.17) is 34.5 Å². The van der Waals surface area contributed by atoms with E-state index in [2.05, 4.69) is 105 Å². The molecule has 2 N–H and O–H groups in total. The maximum Gasteiger partial charge on any atom is 0.314 e. The minimum atomic E-state index is -2.54. The van der Waals surface area contributed by atoms with Crippen LogP contribution in [0.3, 0.4) is 0 Å². The topological polar surface area (TPSA) is 90.6 Å². The fraction of sp³-hybridized carbons (Fsp3) is 1.00. The monoisotopic (exact) mass is 635 g/mol. The molecule has 16 heteroatoms. The molecule has 0 fully saturated rings. The minimum absolute atomic E-state index is 0.710. The molecule has 0 saturated carbocycles. The molecule has 0 radical (unpaired) electrons. The van der Waals surface area contributed by atoms with Crippen LogP contribution in [0.25, 0.3) is 0 Å². The molecule has 0 bridgehead atoms. The van der Waals surface area contributed by atoms with Gasteiger partial charge in [-0.1, -0.05) is 0 Å². The molecule has 0 saturated heterocycles. The van der Waals surface area contributed by atoms with Crippen LogP contribution in [0.2, 0.25) is 111 Å².